The number of carbonyl (C=O) groups is 1. The predicted molar refractivity (Wildman–Crippen MR) is 165 cm³/mol. The summed E-state index contributed by atoms with van der Waals surface area (Å²) in [5, 5.41) is 4.86. The zero-order valence-corrected chi connectivity index (χ0v) is 25.4. The van der Waals surface area contributed by atoms with E-state index in [1.54, 1.807) is 6.92 Å². The van der Waals surface area contributed by atoms with E-state index in [0.717, 1.165) is 49.2 Å². The van der Waals surface area contributed by atoms with Crippen molar-refractivity contribution in [1.29, 1.82) is 0 Å². The lowest BCUT2D eigenvalue weighted by Crippen LogP contribution is -2.41. The topological polar surface area (TPSA) is 95.5 Å². The molecular weight excluding hydrogens is 588 g/mol. The number of pyridine rings is 1. The molecule has 2 aromatic carbocycles. The molecule has 3 heterocycles. The molecule has 0 amide bonds. The highest BCUT2D eigenvalue weighted by molar-refractivity contribution is 6.32. The van der Waals surface area contributed by atoms with Crippen molar-refractivity contribution in [1.82, 2.24) is 19.7 Å². The highest BCUT2D eigenvalue weighted by atomic mass is 35.5. The van der Waals surface area contributed by atoms with Gasteiger partial charge in [0, 0.05) is 37.2 Å². The molecule has 2 N–H and O–H groups in total. The third-order valence-corrected chi connectivity index (χ3v) is 8.45. The van der Waals surface area contributed by atoms with Crippen LogP contribution in [0.15, 0.2) is 54.4 Å². The van der Waals surface area contributed by atoms with Gasteiger partial charge in [0.15, 0.2) is 17.4 Å². The van der Waals surface area contributed by atoms with Gasteiger partial charge in [-0.05, 0) is 80.6 Å². The van der Waals surface area contributed by atoms with E-state index in [9.17, 15) is 13.6 Å². The number of allylic oxidation sites excluding steroid dienone is 1. The van der Waals surface area contributed by atoms with E-state index in [-0.39, 0.29) is 29.1 Å². The van der Waals surface area contributed by atoms with Crippen LogP contribution in [0.2, 0.25) is 5.02 Å². The Bertz CT molecular complexity index is 1760. The van der Waals surface area contributed by atoms with Gasteiger partial charge in [0.2, 0.25) is 11.6 Å². The summed E-state index contributed by atoms with van der Waals surface area (Å²) in [5.74, 6) is -1.72. The number of hydrogen-bond donors (Lipinski definition) is 1. The van der Waals surface area contributed by atoms with Gasteiger partial charge in [-0.15, -0.1) is 0 Å². The van der Waals surface area contributed by atoms with E-state index in [1.165, 1.54) is 29.2 Å². The number of nitrogen functional groups attached to an aromatic ring is 1. The van der Waals surface area contributed by atoms with Crippen LogP contribution >= 0.6 is 11.6 Å². The number of nitrogens with two attached hydrogens (primary N) is 1. The molecule has 228 valence electrons. The summed E-state index contributed by atoms with van der Waals surface area (Å²) in [5.41, 5.74) is 10.2. The second-order valence-corrected chi connectivity index (χ2v) is 11.8. The first-order valence-corrected chi connectivity index (χ1v) is 14.9. The number of likely N-dealkylation sites (tertiary alicyclic amines) is 1. The van der Waals surface area contributed by atoms with Crippen LogP contribution in [0.25, 0.3) is 11.8 Å². The average Bonchev–Trinajstić information content (AvgIpc) is 3.58. The molecule has 0 saturated carbocycles. The first-order valence-electron chi connectivity index (χ1n) is 14.5. The van der Waals surface area contributed by atoms with Gasteiger partial charge < -0.3 is 20.1 Å². The van der Waals surface area contributed by atoms with Crippen LogP contribution in [0.1, 0.15) is 53.7 Å². The normalized spacial score (nSPS) is 15.4. The van der Waals surface area contributed by atoms with E-state index >= 15 is 0 Å². The first kappa shape index (κ1) is 29.8. The largest absolute Gasteiger partial charge is 0.489 e. The molecule has 6 rings (SSSR count). The minimum Gasteiger partial charge on any atom is -0.489 e. The smallest absolute Gasteiger partial charge is 0.219 e. The van der Waals surface area contributed by atoms with Crippen molar-refractivity contribution >= 4 is 29.3 Å². The number of para-hydroxylation sites is 1. The fourth-order valence-corrected chi connectivity index (χ4v) is 5.88. The number of aryl methyl sites for hydroxylation is 1. The minimum atomic E-state index is -0.843. The standard InChI is InChI=1S/C33H32ClF2N5O3/c1-18(2)40-9-7-23(8-10-40)43-29-15-21-13-22(12-20(21)14-25(29)34)31(42)24-16-39-41(33(24)37)28-17-38-30(11-19(28)3)44-32-26(35)5-4-6-27(32)36/h4-6,11,13-18,23H,7-10,12,37H2,1-3H3. The number of piperidine rings is 1. The third kappa shape index (κ3) is 5.79. The van der Waals surface area contributed by atoms with Crippen molar-refractivity contribution in [3.8, 4) is 23.1 Å². The number of anilines is 1. The van der Waals surface area contributed by atoms with Crippen molar-refractivity contribution < 1.29 is 23.0 Å². The van der Waals surface area contributed by atoms with Gasteiger partial charge >= 0.3 is 0 Å². The Balaban J connectivity index is 1.18. The Kier molecular flexibility index (Phi) is 8.13. The molecular formula is C33H32ClF2N5O3. The second-order valence-electron chi connectivity index (χ2n) is 11.4. The van der Waals surface area contributed by atoms with Gasteiger partial charge in [0.05, 0.1) is 28.7 Å². The fraction of sp³-hybridized carbons (Fsp3) is 0.303. The molecule has 8 nitrogen and oxygen atoms in total. The van der Waals surface area contributed by atoms with Crippen LogP contribution in [0.3, 0.4) is 0 Å². The van der Waals surface area contributed by atoms with E-state index in [4.69, 9.17) is 26.8 Å². The number of benzene rings is 2. The lowest BCUT2D eigenvalue weighted by Gasteiger charge is -2.34. The molecule has 4 aromatic rings. The van der Waals surface area contributed by atoms with Crippen LogP contribution in [0.4, 0.5) is 14.6 Å². The maximum atomic E-state index is 14.0. The van der Waals surface area contributed by atoms with Gasteiger partial charge in [-0.3, -0.25) is 4.79 Å². The summed E-state index contributed by atoms with van der Waals surface area (Å²) in [6.45, 7) is 8.13. The number of Topliss-reactive ketones (excluding diaryl/α,β-unsaturated/α-hetero) is 1. The number of fused-ring (bicyclic) bond motifs is 1. The lowest BCUT2D eigenvalue weighted by molar-refractivity contribution is 0.0843. The average molecular weight is 620 g/mol. The molecule has 0 spiro atoms. The number of ketones is 1. The highest BCUT2D eigenvalue weighted by Gasteiger charge is 2.27. The van der Waals surface area contributed by atoms with Crippen LogP contribution in [0, 0.1) is 18.6 Å². The first-order chi connectivity index (χ1) is 21.1. The highest BCUT2D eigenvalue weighted by Crippen LogP contribution is 2.37. The molecule has 0 bridgehead atoms. The molecule has 1 fully saturated rings. The summed E-state index contributed by atoms with van der Waals surface area (Å²) in [6.07, 6.45) is 7.06. The monoisotopic (exact) mass is 619 g/mol. The maximum absolute atomic E-state index is 14.0. The zero-order valence-electron chi connectivity index (χ0n) is 24.6. The van der Waals surface area contributed by atoms with Crippen molar-refractivity contribution in [2.45, 2.75) is 52.2 Å². The van der Waals surface area contributed by atoms with E-state index in [0.29, 0.717) is 40.1 Å². The molecule has 0 radical (unpaired) electrons. The van der Waals surface area contributed by atoms with Crippen molar-refractivity contribution in [2.24, 2.45) is 0 Å². The summed E-state index contributed by atoms with van der Waals surface area (Å²) in [6, 6.07) is 9.24. The number of halogens is 3. The van der Waals surface area contributed by atoms with Gasteiger partial charge in [0.25, 0.3) is 0 Å². The second kappa shape index (κ2) is 12.0. The molecule has 1 aliphatic carbocycles. The fourth-order valence-electron chi connectivity index (χ4n) is 5.65. The van der Waals surface area contributed by atoms with Gasteiger partial charge in [-0.25, -0.2) is 18.4 Å². The molecule has 44 heavy (non-hydrogen) atoms. The molecule has 1 aliphatic heterocycles. The predicted octanol–water partition coefficient (Wildman–Crippen LogP) is 6.96. The maximum Gasteiger partial charge on any atom is 0.219 e. The summed E-state index contributed by atoms with van der Waals surface area (Å²) >= 11 is 6.60. The Morgan fingerprint density at radius 3 is 2.52 bits per heavy atom. The molecule has 2 aromatic heterocycles. The summed E-state index contributed by atoms with van der Waals surface area (Å²) < 4.78 is 41.1. The number of ether oxygens (including phenoxy) is 2. The van der Waals surface area contributed by atoms with Crippen molar-refractivity contribution in [3.63, 3.8) is 0 Å². The zero-order chi connectivity index (χ0) is 31.1. The molecule has 1 saturated heterocycles. The Labute approximate surface area is 259 Å². The van der Waals surface area contributed by atoms with Crippen LogP contribution in [0.5, 0.6) is 17.4 Å². The van der Waals surface area contributed by atoms with Gasteiger partial charge in [-0.1, -0.05) is 17.7 Å². The van der Waals surface area contributed by atoms with Gasteiger partial charge in [0.1, 0.15) is 17.7 Å². The van der Waals surface area contributed by atoms with E-state index in [1.807, 2.05) is 18.2 Å². The van der Waals surface area contributed by atoms with Crippen molar-refractivity contribution in [3.05, 3.63) is 93.3 Å². The minimum absolute atomic E-state index is 0.00539. The Morgan fingerprint density at radius 2 is 1.84 bits per heavy atom. The summed E-state index contributed by atoms with van der Waals surface area (Å²) in [4.78, 5) is 20.2. The summed E-state index contributed by atoms with van der Waals surface area (Å²) in [7, 11) is 0. The third-order valence-electron chi connectivity index (χ3n) is 8.16. The lowest BCUT2D eigenvalue weighted by atomic mass is 10.0. The molecule has 0 unspecified atom stereocenters. The van der Waals surface area contributed by atoms with E-state index in [2.05, 4.69) is 28.8 Å². The van der Waals surface area contributed by atoms with Crippen LogP contribution in [-0.2, 0) is 6.42 Å². The number of carbonyl (C=O) groups excluding carboxylic acids is 1. The van der Waals surface area contributed by atoms with Crippen molar-refractivity contribution in [2.75, 3.05) is 18.8 Å². The van der Waals surface area contributed by atoms with Crippen LogP contribution in [-0.4, -0.2) is 50.7 Å². The van der Waals surface area contributed by atoms with E-state index < -0.39 is 17.4 Å². The quantitative estimate of drug-likeness (QED) is 0.213. The molecule has 0 atom stereocenters. The number of rotatable bonds is 8. The Morgan fingerprint density at radius 1 is 1.11 bits per heavy atom. The molecule has 11 heteroatoms. The number of nitrogens with zero attached hydrogens (tertiary/aromatic N) is 4. The number of aromatic nitrogens is 3. The molecule has 2 aliphatic rings. The van der Waals surface area contributed by atoms with Crippen LogP contribution < -0.4 is 15.2 Å². The SMILES string of the molecule is Cc1cc(Oc2c(F)cccc2F)ncc1-n1ncc(C(=O)C2=Cc3cc(OC4CCN(C(C)C)CC4)c(Cl)cc3C2)c1N. The number of hydrogen-bond acceptors (Lipinski definition) is 7. The van der Waals surface area contributed by atoms with Gasteiger partial charge in [-0.2, -0.15) is 5.10 Å². The Hall–Kier alpha value is -4.28.